The van der Waals surface area contributed by atoms with Gasteiger partial charge in [0.2, 0.25) is 5.91 Å². The van der Waals surface area contributed by atoms with Gasteiger partial charge in [0, 0.05) is 19.7 Å². The number of ether oxygens (including phenoxy) is 1. The minimum absolute atomic E-state index is 0.0501. The molecule has 1 aliphatic carbocycles. The highest BCUT2D eigenvalue weighted by Crippen LogP contribution is 2.36. The number of rotatable bonds is 3. The van der Waals surface area contributed by atoms with Crippen LogP contribution in [-0.4, -0.2) is 28.1 Å². The van der Waals surface area contributed by atoms with E-state index in [0.717, 1.165) is 37.8 Å². The highest BCUT2D eigenvalue weighted by atomic mass is 16.5. The molecule has 6 nitrogen and oxygen atoms in total. The van der Waals surface area contributed by atoms with E-state index in [1.54, 1.807) is 6.33 Å². The normalized spacial score (nSPS) is 27.1. The molecule has 1 saturated heterocycles. The monoisotopic (exact) mass is 316 g/mol. The summed E-state index contributed by atoms with van der Waals surface area (Å²) >= 11 is 0. The molecule has 2 fully saturated rings. The van der Waals surface area contributed by atoms with Crippen LogP contribution in [0.5, 0.6) is 0 Å². The average molecular weight is 316 g/mol. The molecule has 1 saturated carbocycles. The predicted octanol–water partition coefficient (Wildman–Crippen LogP) is 2.23. The van der Waals surface area contributed by atoms with Gasteiger partial charge in [-0.25, -0.2) is 4.98 Å². The Labute approximate surface area is 136 Å². The lowest BCUT2D eigenvalue weighted by molar-refractivity contribution is -0.131. The van der Waals surface area contributed by atoms with Crippen molar-refractivity contribution in [3.05, 3.63) is 18.2 Å². The Hall–Kier alpha value is -1.87. The molecule has 0 bridgehead atoms. The minimum atomic E-state index is -0.821. The molecule has 3 rings (SSSR count). The van der Waals surface area contributed by atoms with Gasteiger partial charge in [-0.2, -0.15) is 5.26 Å². The molecule has 1 amide bonds. The van der Waals surface area contributed by atoms with Gasteiger partial charge in [0.05, 0.1) is 24.3 Å². The second kappa shape index (κ2) is 6.71. The molecule has 2 atom stereocenters. The number of nitrogens with zero attached hydrogens (tertiary/aromatic N) is 3. The molecule has 1 aromatic rings. The van der Waals surface area contributed by atoms with Gasteiger partial charge >= 0.3 is 0 Å². The van der Waals surface area contributed by atoms with E-state index < -0.39 is 5.41 Å². The van der Waals surface area contributed by atoms with Crippen LogP contribution >= 0.6 is 0 Å². The van der Waals surface area contributed by atoms with Crippen LogP contribution in [0, 0.1) is 16.7 Å². The largest absolute Gasteiger partial charge is 0.372 e. The van der Waals surface area contributed by atoms with Crippen molar-refractivity contribution in [1.82, 2.24) is 14.9 Å². The molecule has 1 aromatic heterocycles. The summed E-state index contributed by atoms with van der Waals surface area (Å²) in [6.07, 6.45) is 9.46. The third-order valence-electron chi connectivity index (χ3n) is 5.16. The van der Waals surface area contributed by atoms with E-state index in [-0.39, 0.29) is 18.1 Å². The number of imidazole rings is 1. The number of nitrogens with one attached hydrogen (secondary N) is 1. The first-order chi connectivity index (χ1) is 11.1. The first kappa shape index (κ1) is 16.0. The first-order valence-electron chi connectivity index (χ1n) is 8.45. The molecule has 0 spiro atoms. The van der Waals surface area contributed by atoms with Crippen molar-refractivity contribution in [2.24, 2.45) is 12.5 Å². The van der Waals surface area contributed by atoms with Crippen LogP contribution in [0.1, 0.15) is 56.7 Å². The summed E-state index contributed by atoms with van der Waals surface area (Å²) < 4.78 is 7.79. The lowest BCUT2D eigenvalue weighted by Gasteiger charge is -2.34. The van der Waals surface area contributed by atoms with Gasteiger partial charge in [-0.1, -0.05) is 19.3 Å². The molecule has 2 heterocycles. The molecule has 6 heteroatoms. The zero-order chi connectivity index (χ0) is 16.3. The van der Waals surface area contributed by atoms with Crippen molar-refractivity contribution in [2.45, 2.75) is 57.1 Å². The maximum atomic E-state index is 12.7. The van der Waals surface area contributed by atoms with Crippen LogP contribution in [0.2, 0.25) is 0 Å². The Kier molecular flexibility index (Phi) is 4.67. The van der Waals surface area contributed by atoms with E-state index in [9.17, 15) is 10.1 Å². The molecular weight excluding hydrogens is 292 g/mol. The van der Waals surface area contributed by atoms with Gasteiger partial charge in [-0.15, -0.1) is 0 Å². The molecule has 1 aliphatic heterocycles. The third kappa shape index (κ3) is 3.25. The van der Waals surface area contributed by atoms with Gasteiger partial charge < -0.3 is 14.6 Å². The summed E-state index contributed by atoms with van der Waals surface area (Å²) in [5, 5.41) is 12.7. The standard InChI is InChI=1S/C17H24N4O2/c1-21-12-19-10-14(21)15-9-13(5-8-23-15)20-16(22)17(11-18)6-3-2-4-7-17/h10,12-13,15H,2-9H2,1H3,(H,20,22). The number of aryl methyl sites for hydroxylation is 1. The van der Waals surface area contributed by atoms with Crippen LogP contribution < -0.4 is 5.32 Å². The molecule has 23 heavy (non-hydrogen) atoms. The van der Waals surface area contributed by atoms with E-state index in [1.165, 1.54) is 0 Å². The average Bonchev–Trinajstić information content (AvgIpc) is 3.01. The summed E-state index contributed by atoms with van der Waals surface area (Å²) in [7, 11) is 1.95. The fraction of sp³-hybridized carbons (Fsp3) is 0.706. The fourth-order valence-electron chi connectivity index (χ4n) is 3.68. The van der Waals surface area contributed by atoms with E-state index in [4.69, 9.17) is 4.74 Å². The smallest absolute Gasteiger partial charge is 0.240 e. The number of hydrogen-bond acceptors (Lipinski definition) is 4. The zero-order valence-corrected chi connectivity index (χ0v) is 13.6. The lowest BCUT2D eigenvalue weighted by Crippen LogP contribution is -2.48. The van der Waals surface area contributed by atoms with Crippen molar-refractivity contribution in [3.8, 4) is 6.07 Å². The summed E-state index contributed by atoms with van der Waals surface area (Å²) in [4.78, 5) is 16.8. The van der Waals surface area contributed by atoms with Crippen LogP contribution in [-0.2, 0) is 16.6 Å². The highest BCUT2D eigenvalue weighted by Gasteiger charge is 2.41. The van der Waals surface area contributed by atoms with E-state index >= 15 is 0 Å². The van der Waals surface area contributed by atoms with Crippen molar-refractivity contribution in [1.29, 1.82) is 5.26 Å². The molecule has 2 unspecified atom stereocenters. The maximum absolute atomic E-state index is 12.7. The Morgan fingerprint density at radius 1 is 1.48 bits per heavy atom. The topological polar surface area (TPSA) is 79.9 Å². The van der Waals surface area contributed by atoms with Crippen molar-refractivity contribution in [3.63, 3.8) is 0 Å². The Bertz CT molecular complexity index is 598. The van der Waals surface area contributed by atoms with Gasteiger partial charge in [-0.3, -0.25) is 4.79 Å². The minimum Gasteiger partial charge on any atom is -0.372 e. The maximum Gasteiger partial charge on any atom is 0.240 e. The van der Waals surface area contributed by atoms with E-state index in [2.05, 4.69) is 16.4 Å². The Morgan fingerprint density at radius 3 is 2.91 bits per heavy atom. The number of amides is 1. The molecule has 124 valence electrons. The second-order valence-electron chi connectivity index (χ2n) is 6.74. The van der Waals surface area contributed by atoms with E-state index in [1.807, 2.05) is 17.8 Å². The first-order valence-corrected chi connectivity index (χ1v) is 8.45. The van der Waals surface area contributed by atoms with Crippen molar-refractivity contribution in [2.75, 3.05) is 6.61 Å². The third-order valence-corrected chi connectivity index (χ3v) is 5.16. The summed E-state index contributed by atoms with van der Waals surface area (Å²) in [6.45, 7) is 0.611. The summed E-state index contributed by atoms with van der Waals surface area (Å²) in [6, 6.07) is 2.36. The van der Waals surface area contributed by atoms with Crippen LogP contribution in [0.25, 0.3) is 0 Å². The SMILES string of the molecule is Cn1cncc1C1CC(NC(=O)C2(C#N)CCCCC2)CCO1. The zero-order valence-electron chi connectivity index (χ0n) is 13.6. The van der Waals surface area contributed by atoms with Gasteiger partial charge in [-0.05, 0) is 25.7 Å². The molecule has 2 aliphatic rings. The molecule has 0 aromatic carbocycles. The number of hydrogen-bond donors (Lipinski definition) is 1. The number of aromatic nitrogens is 2. The second-order valence-corrected chi connectivity index (χ2v) is 6.74. The lowest BCUT2D eigenvalue weighted by atomic mass is 9.74. The Morgan fingerprint density at radius 2 is 2.26 bits per heavy atom. The predicted molar refractivity (Wildman–Crippen MR) is 84.2 cm³/mol. The summed E-state index contributed by atoms with van der Waals surface area (Å²) in [5.74, 6) is -0.0876. The van der Waals surface area contributed by atoms with Crippen LogP contribution in [0.15, 0.2) is 12.5 Å². The Balaban J connectivity index is 1.64. The molecular formula is C17H24N4O2. The quantitative estimate of drug-likeness (QED) is 0.927. The molecule has 0 radical (unpaired) electrons. The van der Waals surface area contributed by atoms with Gasteiger partial charge in [0.15, 0.2) is 0 Å². The number of nitriles is 1. The van der Waals surface area contributed by atoms with Crippen LogP contribution in [0.3, 0.4) is 0 Å². The summed E-state index contributed by atoms with van der Waals surface area (Å²) in [5.41, 5.74) is 0.204. The number of carbonyl (C=O) groups excluding carboxylic acids is 1. The van der Waals surface area contributed by atoms with Crippen molar-refractivity contribution >= 4 is 5.91 Å². The fourth-order valence-corrected chi connectivity index (χ4v) is 3.68. The van der Waals surface area contributed by atoms with Gasteiger partial charge in [0.25, 0.3) is 0 Å². The van der Waals surface area contributed by atoms with E-state index in [0.29, 0.717) is 19.4 Å². The molecule has 1 N–H and O–H groups in total. The highest BCUT2D eigenvalue weighted by molar-refractivity contribution is 5.85. The van der Waals surface area contributed by atoms with Crippen molar-refractivity contribution < 1.29 is 9.53 Å². The van der Waals surface area contributed by atoms with Crippen LogP contribution in [0.4, 0.5) is 0 Å². The number of carbonyl (C=O) groups is 1. The van der Waals surface area contributed by atoms with Gasteiger partial charge in [0.1, 0.15) is 11.5 Å².